The molecule has 0 aromatic heterocycles. The van der Waals surface area contributed by atoms with Crippen LogP contribution in [-0.2, 0) is 4.79 Å². The second-order valence-corrected chi connectivity index (χ2v) is 6.11. The molecule has 0 radical (unpaired) electrons. The van der Waals surface area contributed by atoms with E-state index in [2.05, 4.69) is 26.1 Å². The predicted molar refractivity (Wildman–Crippen MR) is 67.0 cm³/mol. The molecule has 0 aromatic rings. The zero-order valence-electron chi connectivity index (χ0n) is 10.9. The third-order valence-corrected chi connectivity index (χ3v) is 3.62. The molecule has 94 valence electrons. The van der Waals surface area contributed by atoms with Gasteiger partial charge in [-0.2, -0.15) is 0 Å². The second kappa shape index (κ2) is 5.67. The highest BCUT2D eigenvalue weighted by molar-refractivity contribution is 5.76. The molecule has 3 heteroatoms. The maximum Gasteiger partial charge on any atom is 0.221 e. The molecule has 1 amide bonds. The van der Waals surface area contributed by atoms with E-state index in [4.69, 9.17) is 5.73 Å². The van der Waals surface area contributed by atoms with Gasteiger partial charge in [0.15, 0.2) is 0 Å². The van der Waals surface area contributed by atoms with Crippen LogP contribution >= 0.6 is 0 Å². The Morgan fingerprint density at radius 3 is 2.50 bits per heavy atom. The topological polar surface area (TPSA) is 55.1 Å². The lowest BCUT2D eigenvalue weighted by Crippen LogP contribution is -2.40. The van der Waals surface area contributed by atoms with Crippen molar-refractivity contribution in [2.75, 3.05) is 6.54 Å². The molecule has 0 aromatic carbocycles. The van der Waals surface area contributed by atoms with Crippen molar-refractivity contribution in [3.63, 3.8) is 0 Å². The van der Waals surface area contributed by atoms with E-state index in [1.165, 1.54) is 19.3 Å². The highest BCUT2D eigenvalue weighted by atomic mass is 16.1. The van der Waals surface area contributed by atoms with Crippen molar-refractivity contribution in [1.29, 1.82) is 0 Å². The van der Waals surface area contributed by atoms with Gasteiger partial charge in [0, 0.05) is 19.0 Å². The largest absolute Gasteiger partial charge is 0.356 e. The van der Waals surface area contributed by atoms with Gasteiger partial charge >= 0.3 is 0 Å². The van der Waals surface area contributed by atoms with E-state index in [0.29, 0.717) is 6.42 Å². The number of rotatable bonds is 5. The van der Waals surface area contributed by atoms with Gasteiger partial charge in [-0.3, -0.25) is 4.79 Å². The van der Waals surface area contributed by atoms with E-state index in [1.54, 1.807) is 0 Å². The first-order valence-corrected chi connectivity index (χ1v) is 6.42. The molecule has 3 N–H and O–H groups in total. The summed E-state index contributed by atoms with van der Waals surface area (Å²) < 4.78 is 0. The molecule has 0 spiro atoms. The molecular weight excluding hydrogens is 200 g/mol. The van der Waals surface area contributed by atoms with Crippen molar-refractivity contribution >= 4 is 5.91 Å². The summed E-state index contributed by atoms with van der Waals surface area (Å²) in [6, 6.07) is -0.0591. The Bertz CT molecular complexity index is 229. The lowest BCUT2D eigenvalue weighted by Gasteiger charge is -2.27. The molecule has 1 rings (SSSR count). The summed E-state index contributed by atoms with van der Waals surface area (Å²) in [4.78, 5) is 11.6. The molecule has 0 bridgehead atoms. The zero-order chi connectivity index (χ0) is 12.2. The highest BCUT2D eigenvalue weighted by Crippen LogP contribution is 2.28. The molecule has 1 aliphatic rings. The Labute approximate surface area is 99.2 Å². The van der Waals surface area contributed by atoms with Gasteiger partial charge in [0.1, 0.15) is 0 Å². The first-order valence-electron chi connectivity index (χ1n) is 6.42. The fraction of sp³-hybridized carbons (Fsp3) is 0.923. The Balaban J connectivity index is 2.10. The summed E-state index contributed by atoms with van der Waals surface area (Å²) in [5.74, 6) is 0.957. The summed E-state index contributed by atoms with van der Waals surface area (Å²) in [6.07, 6.45) is 5.63. The number of carbonyl (C=O) groups is 1. The Hall–Kier alpha value is -0.570. The minimum absolute atomic E-state index is 0.00527. The summed E-state index contributed by atoms with van der Waals surface area (Å²) in [6.45, 7) is 7.03. The van der Waals surface area contributed by atoms with Crippen LogP contribution in [0, 0.1) is 11.3 Å². The van der Waals surface area contributed by atoms with Crippen LogP contribution in [0.25, 0.3) is 0 Å². The van der Waals surface area contributed by atoms with Crippen LogP contribution < -0.4 is 11.1 Å². The van der Waals surface area contributed by atoms with Gasteiger partial charge in [0.2, 0.25) is 5.91 Å². The van der Waals surface area contributed by atoms with Gasteiger partial charge in [0.05, 0.1) is 0 Å². The Morgan fingerprint density at radius 1 is 1.44 bits per heavy atom. The number of hydrogen-bond donors (Lipinski definition) is 2. The van der Waals surface area contributed by atoms with Crippen LogP contribution in [0.2, 0.25) is 0 Å². The first-order chi connectivity index (χ1) is 7.39. The fourth-order valence-electron chi connectivity index (χ4n) is 1.78. The van der Waals surface area contributed by atoms with Gasteiger partial charge in [-0.15, -0.1) is 0 Å². The third kappa shape index (κ3) is 4.52. The summed E-state index contributed by atoms with van der Waals surface area (Å²) >= 11 is 0. The van der Waals surface area contributed by atoms with Gasteiger partial charge in [-0.05, 0) is 17.8 Å². The maximum atomic E-state index is 11.6. The number of carbonyl (C=O) groups excluding carboxylic acids is 1. The number of nitrogens with two attached hydrogens (primary N) is 1. The molecule has 16 heavy (non-hydrogen) atoms. The van der Waals surface area contributed by atoms with E-state index in [1.807, 2.05) is 0 Å². The van der Waals surface area contributed by atoms with Crippen LogP contribution in [0.15, 0.2) is 0 Å². The minimum Gasteiger partial charge on any atom is -0.356 e. The second-order valence-electron chi connectivity index (χ2n) is 6.11. The summed E-state index contributed by atoms with van der Waals surface area (Å²) in [5, 5.41) is 2.97. The molecular formula is C13H26N2O. The molecule has 3 nitrogen and oxygen atoms in total. The quantitative estimate of drug-likeness (QED) is 0.754. The van der Waals surface area contributed by atoms with E-state index in [9.17, 15) is 4.79 Å². The Kier molecular flexibility index (Phi) is 4.78. The zero-order valence-corrected chi connectivity index (χ0v) is 10.9. The summed E-state index contributed by atoms with van der Waals surface area (Å²) in [7, 11) is 0. The highest BCUT2D eigenvalue weighted by Gasteiger charge is 2.23. The number of nitrogens with one attached hydrogen (secondary N) is 1. The predicted octanol–water partition coefficient (Wildman–Crippen LogP) is 2.06. The smallest absolute Gasteiger partial charge is 0.221 e. The molecule has 1 aliphatic carbocycles. The van der Waals surface area contributed by atoms with Crippen molar-refractivity contribution in [1.82, 2.24) is 5.32 Å². The molecule has 0 heterocycles. The lowest BCUT2D eigenvalue weighted by molar-refractivity contribution is -0.122. The summed E-state index contributed by atoms with van der Waals surface area (Å²) in [5.41, 5.74) is 5.96. The molecule has 0 saturated heterocycles. The van der Waals surface area contributed by atoms with Crippen LogP contribution in [0.3, 0.4) is 0 Å². The third-order valence-electron chi connectivity index (χ3n) is 3.62. The normalized spacial score (nSPS) is 19.0. The average molecular weight is 226 g/mol. The van der Waals surface area contributed by atoms with Crippen molar-refractivity contribution in [2.24, 2.45) is 17.1 Å². The number of amides is 1. The van der Waals surface area contributed by atoms with E-state index >= 15 is 0 Å². The molecule has 1 fully saturated rings. The maximum absolute atomic E-state index is 11.6. The molecule has 1 saturated carbocycles. The van der Waals surface area contributed by atoms with E-state index in [0.717, 1.165) is 18.9 Å². The van der Waals surface area contributed by atoms with Gasteiger partial charge in [-0.25, -0.2) is 0 Å². The average Bonchev–Trinajstić information content (AvgIpc) is 2.07. The number of hydrogen-bond acceptors (Lipinski definition) is 2. The van der Waals surface area contributed by atoms with Crippen molar-refractivity contribution < 1.29 is 4.79 Å². The van der Waals surface area contributed by atoms with Crippen molar-refractivity contribution in [3.8, 4) is 0 Å². The van der Waals surface area contributed by atoms with Crippen LogP contribution in [0.1, 0.15) is 52.9 Å². The van der Waals surface area contributed by atoms with Crippen molar-refractivity contribution in [2.45, 2.75) is 58.9 Å². The molecule has 1 atom stereocenters. The van der Waals surface area contributed by atoms with Gasteiger partial charge in [-0.1, -0.05) is 40.0 Å². The fourth-order valence-corrected chi connectivity index (χ4v) is 1.78. The SMILES string of the molecule is CC(C)(C)C(N)CC(=O)NCCC1CCC1. The first kappa shape index (κ1) is 13.5. The van der Waals surface area contributed by atoms with Gasteiger partial charge in [0.25, 0.3) is 0 Å². The van der Waals surface area contributed by atoms with Crippen LogP contribution in [0.5, 0.6) is 0 Å². The van der Waals surface area contributed by atoms with Gasteiger partial charge < -0.3 is 11.1 Å². The van der Waals surface area contributed by atoms with Crippen LogP contribution in [-0.4, -0.2) is 18.5 Å². The lowest BCUT2D eigenvalue weighted by atomic mass is 9.83. The Morgan fingerprint density at radius 2 is 2.06 bits per heavy atom. The monoisotopic (exact) mass is 226 g/mol. The van der Waals surface area contributed by atoms with E-state index < -0.39 is 0 Å². The van der Waals surface area contributed by atoms with E-state index in [-0.39, 0.29) is 17.4 Å². The standard InChI is InChI=1S/C13H26N2O/c1-13(2,3)11(14)9-12(16)15-8-7-10-5-4-6-10/h10-11H,4-9,14H2,1-3H3,(H,15,16). The molecule has 1 unspecified atom stereocenters. The minimum atomic E-state index is -0.0591. The van der Waals surface area contributed by atoms with Crippen LogP contribution in [0.4, 0.5) is 0 Å². The van der Waals surface area contributed by atoms with Crippen molar-refractivity contribution in [3.05, 3.63) is 0 Å². The molecule has 0 aliphatic heterocycles.